The van der Waals surface area contributed by atoms with Crippen molar-refractivity contribution in [2.24, 2.45) is 0 Å². The summed E-state index contributed by atoms with van der Waals surface area (Å²) in [4.78, 5) is 12.4. The molecule has 0 saturated heterocycles. The summed E-state index contributed by atoms with van der Waals surface area (Å²) in [7, 11) is 0. The van der Waals surface area contributed by atoms with E-state index in [9.17, 15) is 10.1 Å². The number of hydrogen-bond acceptors (Lipinski definition) is 3. The van der Waals surface area contributed by atoms with Crippen LogP contribution in [0.25, 0.3) is 0 Å². The number of nitrogens with one attached hydrogen (secondary N) is 2. The van der Waals surface area contributed by atoms with Crippen molar-refractivity contribution in [3.05, 3.63) is 107 Å². The monoisotopic (exact) mass is 381 g/mol. The predicted octanol–water partition coefficient (Wildman–Crippen LogP) is 4.33. The van der Waals surface area contributed by atoms with Gasteiger partial charge in [-0.2, -0.15) is 5.26 Å². The second-order valence-electron chi connectivity index (χ2n) is 7.38. The second kappa shape index (κ2) is 8.72. The van der Waals surface area contributed by atoms with Gasteiger partial charge >= 0.3 is 0 Å². The molecular formula is C25H23N3O. The molecule has 1 unspecified atom stereocenters. The van der Waals surface area contributed by atoms with E-state index in [1.165, 1.54) is 5.56 Å². The smallest absolute Gasteiger partial charge is 0.251 e. The van der Waals surface area contributed by atoms with Crippen LogP contribution in [0.2, 0.25) is 0 Å². The van der Waals surface area contributed by atoms with Gasteiger partial charge in [0, 0.05) is 24.1 Å². The second-order valence-corrected chi connectivity index (χ2v) is 7.38. The van der Waals surface area contributed by atoms with Gasteiger partial charge < -0.3 is 5.32 Å². The van der Waals surface area contributed by atoms with E-state index in [2.05, 4.69) is 16.7 Å². The molecule has 1 amide bonds. The average Bonchev–Trinajstić information content (AvgIpc) is 3.56. The first-order valence-corrected chi connectivity index (χ1v) is 9.87. The fourth-order valence-electron chi connectivity index (χ4n) is 3.58. The SMILES string of the molecule is N#CC(N[C@@H]1C[C@H]1c1ccc(C(=O)NCc2ccccc2)cc1)c1ccccc1. The van der Waals surface area contributed by atoms with Gasteiger partial charge in [0.15, 0.2) is 0 Å². The van der Waals surface area contributed by atoms with Crippen LogP contribution >= 0.6 is 0 Å². The van der Waals surface area contributed by atoms with Gasteiger partial charge in [-0.3, -0.25) is 10.1 Å². The summed E-state index contributed by atoms with van der Waals surface area (Å²) in [5, 5.41) is 15.9. The van der Waals surface area contributed by atoms with E-state index in [0.29, 0.717) is 18.0 Å². The molecule has 1 saturated carbocycles. The Labute approximate surface area is 171 Å². The summed E-state index contributed by atoms with van der Waals surface area (Å²) in [5.74, 6) is 0.315. The van der Waals surface area contributed by atoms with Crippen LogP contribution in [0.5, 0.6) is 0 Å². The molecule has 1 fully saturated rings. The summed E-state index contributed by atoms with van der Waals surface area (Å²) in [6, 6.07) is 29.8. The molecule has 29 heavy (non-hydrogen) atoms. The minimum absolute atomic E-state index is 0.0699. The van der Waals surface area contributed by atoms with Gasteiger partial charge in [-0.25, -0.2) is 0 Å². The zero-order valence-corrected chi connectivity index (χ0v) is 16.1. The summed E-state index contributed by atoms with van der Waals surface area (Å²) in [6.45, 7) is 0.519. The standard InChI is InChI=1S/C25H23N3O/c26-16-24(20-9-5-2-6-10-20)28-23-15-22(23)19-11-13-21(14-12-19)25(29)27-17-18-7-3-1-4-8-18/h1-14,22-24,28H,15,17H2,(H,27,29)/t22-,23+,24?/m0/s1. The summed E-state index contributed by atoms with van der Waals surface area (Å²) in [6.07, 6.45) is 1.00. The van der Waals surface area contributed by atoms with Gasteiger partial charge in [-0.15, -0.1) is 0 Å². The third-order valence-corrected chi connectivity index (χ3v) is 5.33. The number of benzene rings is 3. The number of hydrogen-bond donors (Lipinski definition) is 2. The van der Waals surface area contributed by atoms with Crippen molar-refractivity contribution < 1.29 is 4.79 Å². The zero-order valence-electron chi connectivity index (χ0n) is 16.1. The quantitative estimate of drug-likeness (QED) is 0.640. The van der Waals surface area contributed by atoms with E-state index in [1.807, 2.05) is 84.9 Å². The number of rotatable bonds is 7. The first kappa shape index (κ1) is 18.9. The molecule has 0 bridgehead atoms. The molecule has 144 valence electrons. The van der Waals surface area contributed by atoms with Crippen LogP contribution in [0.15, 0.2) is 84.9 Å². The lowest BCUT2D eigenvalue weighted by molar-refractivity contribution is 0.0951. The lowest BCUT2D eigenvalue weighted by atomic mass is 10.1. The molecule has 3 aromatic rings. The Balaban J connectivity index is 1.32. The highest BCUT2D eigenvalue weighted by Gasteiger charge is 2.39. The Hall–Kier alpha value is -3.42. The number of carbonyl (C=O) groups is 1. The van der Waals surface area contributed by atoms with Crippen molar-refractivity contribution in [1.29, 1.82) is 5.26 Å². The van der Waals surface area contributed by atoms with Crippen molar-refractivity contribution >= 4 is 5.91 Å². The van der Waals surface area contributed by atoms with E-state index in [4.69, 9.17) is 0 Å². The molecule has 0 heterocycles. The maximum atomic E-state index is 12.4. The van der Waals surface area contributed by atoms with Crippen LogP contribution < -0.4 is 10.6 Å². The van der Waals surface area contributed by atoms with E-state index in [0.717, 1.165) is 17.5 Å². The van der Waals surface area contributed by atoms with Crippen LogP contribution in [0.3, 0.4) is 0 Å². The zero-order chi connectivity index (χ0) is 20.1. The predicted molar refractivity (Wildman–Crippen MR) is 113 cm³/mol. The largest absolute Gasteiger partial charge is 0.348 e. The molecule has 3 atom stereocenters. The minimum atomic E-state index is -0.297. The Morgan fingerprint density at radius 3 is 2.28 bits per heavy atom. The Bertz CT molecular complexity index is 994. The highest BCUT2D eigenvalue weighted by Crippen LogP contribution is 2.42. The maximum Gasteiger partial charge on any atom is 0.251 e. The van der Waals surface area contributed by atoms with E-state index in [1.54, 1.807) is 0 Å². The van der Waals surface area contributed by atoms with Crippen LogP contribution in [-0.4, -0.2) is 11.9 Å². The van der Waals surface area contributed by atoms with E-state index < -0.39 is 0 Å². The molecule has 0 aliphatic heterocycles. The molecule has 4 rings (SSSR count). The molecule has 0 aromatic heterocycles. The van der Waals surface area contributed by atoms with Crippen LogP contribution in [0.4, 0.5) is 0 Å². The van der Waals surface area contributed by atoms with Crippen LogP contribution in [0.1, 0.15) is 45.4 Å². The minimum Gasteiger partial charge on any atom is -0.348 e. The Morgan fingerprint density at radius 2 is 1.62 bits per heavy atom. The molecule has 4 heteroatoms. The number of carbonyl (C=O) groups excluding carboxylic acids is 1. The molecule has 2 N–H and O–H groups in total. The normalized spacial score (nSPS) is 18.4. The van der Waals surface area contributed by atoms with Crippen molar-refractivity contribution in [3.8, 4) is 6.07 Å². The number of nitriles is 1. The van der Waals surface area contributed by atoms with Crippen LogP contribution in [0, 0.1) is 11.3 Å². The lowest BCUT2D eigenvalue weighted by Crippen LogP contribution is -2.23. The molecule has 1 aliphatic rings. The lowest BCUT2D eigenvalue weighted by Gasteiger charge is -2.12. The Kier molecular flexibility index (Phi) is 5.69. The van der Waals surface area contributed by atoms with E-state index >= 15 is 0 Å². The third kappa shape index (κ3) is 4.71. The van der Waals surface area contributed by atoms with Crippen molar-refractivity contribution in [3.63, 3.8) is 0 Å². The number of amides is 1. The summed E-state index contributed by atoms with van der Waals surface area (Å²) in [5.41, 5.74) is 3.93. The van der Waals surface area contributed by atoms with Crippen molar-refractivity contribution in [2.45, 2.75) is 31.0 Å². The van der Waals surface area contributed by atoms with Crippen molar-refractivity contribution in [2.75, 3.05) is 0 Å². The molecule has 0 radical (unpaired) electrons. The van der Waals surface area contributed by atoms with E-state index in [-0.39, 0.29) is 18.0 Å². The molecule has 3 aromatic carbocycles. The third-order valence-electron chi connectivity index (χ3n) is 5.33. The highest BCUT2D eigenvalue weighted by molar-refractivity contribution is 5.94. The maximum absolute atomic E-state index is 12.4. The summed E-state index contributed by atoms with van der Waals surface area (Å²) < 4.78 is 0. The van der Waals surface area contributed by atoms with Gasteiger partial charge in [-0.1, -0.05) is 72.8 Å². The fourth-order valence-corrected chi connectivity index (χ4v) is 3.58. The van der Waals surface area contributed by atoms with Crippen LogP contribution in [-0.2, 0) is 6.54 Å². The summed E-state index contributed by atoms with van der Waals surface area (Å²) >= 11 is 0. The van der Waals surface area contributed by atoms with Gasteiger partial charge in [0.2, 0.25) is 0 Å². The van der Waals surface area contributed by atoms with Gasteiger partial charge in [0.25, 0.3) is 5.91 Å². The average molecular weight is 381 g/mol. The topological polar surface area (TPSA) is 64.9 Å². The number of nitrogens with zero attached hydrogens (tertiary/aromatic N) is 1. The highest BCUT2D eigenvalue weighted by atomic mass is 16.1. The van der Waals surface area contributed by atoms with Gasteiger partial charge in [0.1, 0.15) is 6.04 Å². The molecule has 0 spiro atoms. The fraction of sp³-hybridized carbons (Fsp3) is 0.200. The van der Waals surface area contributed by atoms with Gasteiger partial charge in [0.05, 0.1) is 6.07 Å². The Morgan fingerprint density at radius 1 is 0.966 bits per heavy atom. The van der Waals surface area contributed by atoms with Crippen molar-refractivity contribution in [1.82, 2.24) is 10.6 Å². The molecule has 1 aliphatic carbocycles. The first-order valence-electron chi connectivity index (χ1n) is 9.87. The molecular weight excluding hydrogens is 358 g/mol. The first-order chi connectivity index (χ1) is 14.2. The molecule has 4 nitrogen and oxygen atoms in total. The van der Waals surface area contributed by atoms with Gasteiger partial charge in [-0.05, 0) is 35.2 Å².